The number of rotatable bonds is 8. The van der Waals surface area contributed by atoms with E-state index in [2.05, 4.69) is 0 Å². The number of ketones is 1. The van der Waals surface area contributed by atoms with Crippen LogP contribution >= 0.6 is 11.6 Å². The van der Waals surface area contributed by atoms with Crippen LogP contribution in [0.25, 0.3) is 0 Å². The minimum atomic E-state index is -3.69. The van der Waals surface area contributed by atoms with Crippen molar-refractivity contribution < 1.29 is 22.7 Å². The summed E-state index contributed by atoms with van der Waals surface area (Å²) in [6.07, 6.45) is 0.387. The molecule has 0 saturated heterocycles. The highest BCUT2D eigenvalue weighted by Gasteiger charge is 2.21. The molecule has 8 heteroatoms. The minimum Gasteiger partial charge on any atom is -0.426 e. The van der Waals surface area contributed by atoms with E-state index in [0.29, 0.717) is 22.8 Å². The summed E-state index contributed by atoms with van der Waals surface area (Å²) >= 11 is 5.87. The van der Waals surface area contributed by atoms with Gasteiger partial charge in [-0.1, -0.05) is 23.7 Å². The number of aryl methyl sites for hydroxylation is 1. The normalized spacial score (nSPS) is 11.5. The summed E-state index contributed by atoms with van der Waals surface area (Å²) in [6.45, 7) is 3.36. The largest absolute Gasteiger partial charge is 0.426 e. The summed E-state index contributed by atoms with van der Waals surface area (Å²) in [4.78, 5) is 23.4. The molecular formula is C20H22ClNO5S. The Labute approximate surface area is 170 Å². The number of benzene rings is 2. The van der Waals surface area contributed by atoms with Crippen LogP contribution in [0.4, 0.5) is 0 Å². The molecule has 2 aromatic rings. The monoisotopic (exact) mass is 423 g/mol. The summed E-state index contributed by atoms with van der Waals surface area (Å²) in [5.74, 6) is -0.144. The molecular weight excluding hydrogens is 402 g/mol. The van der Waals surface area contributed by atoms with Gasteiger partial charge in [-0.25, -0.2) is 12.7 Å². The van der Waals surface area contributed by atoms with Crippen molar-refractivity contribution in [2.45, 2.75) is 31.6 Å². The number of Topliss-reactive ketones (excluding diaryl/α,β-unsaturated/α-hetero) is 1. The van der Waals surface area contributed by atoms with Gasteiger partial charge in [0.05, 0.1) is 4.90 Å². The van der Waals surface area contributed by atoms with E-state index in [1.54, 1.807) is 25.1 Å². The number of ether oxygens (including phenoxy) is 1. The Balaban J connectivity index is 1.90. The Bertz CT molecular complexity index is 971. The fourth-order valence-corrected chi connectivity index (χ4v) is 3.94. The molecule has 2 aromatic carbocycles. The van der Waals surface area contributed by atoms with E-state index in [1.807, 2.05) is 0 Å². The maximum absolute atomic E-state index is 12.6. The third-order valence-electron chi connectivity index (χ3n) is 4.18. The Hall–Kier alpha value is -2.22. The molecule has 0 aliphatic rings. The van der Waals surface area contributed by atoms with Crippen LogP contribution in [0.3, 0.4) is 0 Å². The van der Waals surface area contributed by atoms with Crippen LogP contribution in [-0.2, 0) is 14.8 Å². The van der Waals surface area contributed by atoms with E-state index in [0.717, 1.165) is 5.56 Å². The number of esters is 1. The van der Waals surface area contributed by atoms with Gasteiger partial charge in [0.2, 0.25) is 10.0 Å². The van der Waals surface area contributed by atoms with Crippen LogP contribution in [0, 0.1) is 6.92 Å². The number of nitrogens with zero attached hydrogens (tertiary/aromatic N) is 1. The van der Waals surface area contributed by atoms with E-state index in [-0.39, 0.29) is 23.6 Å². The molecule has 28 heavy (non-hydrogen) atoms. The molecule has 0 aliphatic carbocycles. The number of halogens is 1. The number of carbonyl (C=O) groups is 2. The summed E-state index contributed by atoms with van der Waals surface area (Å²) in [5, 5.41) is 0.556. The lowest BCUT2D eigenvalue weighted by atomic mass is 10.2. The minimum absolute atomic E-state index is 0.0746. The van der Waals surface area contributed by atoms with Gasteiger partial charge in [-0.05, 0) is 56.2 Å². The first-order chi connectivity index (χ1) is 13.1. The van der Waals surface area contributed by atoms with Crippen molar-refractivity contribution in [3.8, 4) is 5.75 Å². The zero-order valence-corrected chi connectivity index (χ0v) is 17.5. The van der Waals surface area contributed by atoms with E-state index in [1.165, 1.54) is 42.5 Å². The average molecular weight is 424 g/mol. The van der Waals surface area contributed by atoms with Crippen LogP contribution in [-0.4, -0.2) is 38.1 Å². The highest BCUT2D eigenvalue weighted by atomic mass is 35.5. The van der Waals surface area contributed by atoms with Crippen LogP contribution in [0.1, 0.15) is 35.7 Å². The lowest BCUT2D eigenvalue weighted by Crippen LogP contribution is -2.28. The number of carbonyl (C=O) groups excluding carboxylic acids is 2. The molecule has 0 unspecified atom stereocenters. The van der Waals surface area contributed by atoms with Gasteiger partial charge in [0.1, 0.15) is 5.75 Å². The van der Waals surface area contributed by atoms with E-state index in [4.69, 9.17) is 16.3 Å². The maximum Gasteiger partial charge on any atom is 0.311 e. The molecule has 2 rings (SSSR count). The van der Waals surface area contributed by atoms with E-state index < -0.39 is 16.0 Å². The van der Waals surface area contributed by atoms with Gasteiger partial charge in [0, 0.05) is 30.6 Å². The van der Waals surface area contributed by atoms with Crippen molar-refractivity contribution in [3.05, 3.63) is 58.6 Å². The van der Waals surface area contributed by atoms with Gasteiger partial charge in [-0.15, -0.1) is 0 Å². The molecule has 0 atom stereocenters. The summed E-state index contributed by atoms with van der Waals surface area (Å²) in [5.41, 5.74) is 1.19. The first-order valence-electron chi connectivity index (χ1n) is 8.65. The quantitative estimate of drug-likeness (QED) is 0.366. The van der Waals surface area contributed by atoms with Gasteiger partial charge < -0.3 is 4.74 Å². The van der Waals surface area contributed by atoms with Crippen molar-refractivity contribution in [1.82, 2.24) is 4.31 Å². The van der Waals surface area contributed by atoms with Gasteiger partial charge >= 0.3 is 5.97 Å². The highest BCUT2D eigenvalue weighted by Crippen LogP contribution is 2.22. The second kappa shape index (κ2) is 9.32. The first kappa shape index (κ1) is 22.1. The van der Waals surface area contributed by atoms with Crippen LogP contribution in [0.2, 0.25) is 5.02 Å². The number of hydrogen-bond donors (Lipinski definition) is 0. The van der Waals surface area contributed by atoms with Crippen molar-refractivity contribution in [2.24, 2.45) is 0 Å². The molecule has 150 valence electrons. The van der Waals surface area contributed by atoms with Crippen LogP contribution in [0.15, 0.2) is 47.4 Å². The number of hydrogen-bond acceptors (Lipinski definition) is 5. The van der Waals surface area contributed by atoms with Crippen LogP contribution < -0.4 is 4.74 Å². The zero-order valence-electron chi connectivity index (χ0n) is 15.9. The topological polar surface area (TPSA) is 80.8 Å². The number of sulfonamides is 1. The molecule has 6 nitrogen and oxygen atoms in total. The fourth-order valence-electron chi connectivity index (χ4n) is 2.51. The lowest BCUT2D eigenvalue weighted by molar-refractivity contribution is -0.134. The smallest absolute Gasteiger partial charge is 0.311 e. The van der Waals surface area contributed by atoms with Gasteiger partial charge in [-0.2, -0.15) is 0 Å². The van der Waals surface area contributed by atoms with E-state index >= 15 is 0 Å². The van der Waals surface area contributed by atoms with Crippen molar-refractivity contribution in [2.75, 3.05) is 13.6 Å². The van der Waals surface area contributed by atoms with Crippen LogP contribution in [0.5, 0.6) is 5.75 Å². The summed E-state index contributed by atoms with van der Waals surface area (Å²) in [7, 11) is -2.25. The molecule has 0 saturated carbocycles. The zero-order chi connectivity index (χ0) is 20.9. The van der Waals surface area contributed by atoms with Crippen molar-refractivity contribution >= 4 is 33.4 Å². The SMILES string of the molecule is CC(=O)c1ccc(S(=O)(=O)N(C)CCCC(=O)Oc2ccc(Cl)cc2C)cc1. The molecule has 0 bridgehead atoms. The highest BCUT2D eigenvalue weighted by molar-refractivity contribution is 7.89. The third kappa shape index (κ3) is 5.64. The molecule has 0 fully saturated rings. The summed E-state index contributed by atoms with van der Waals surface area (Å²) < 4.78 is 31.6. The fraction of sp³-hybridized carbons (Fsp3) is 0.300. The Morgan fingerprint density at radius 2 is 1.75 bits per heavy atom. The second-order valence-corrected chi connectivity index (χ2v) is 8.88. The molecule has 0 amide bonds. The molecule has 0 spiro atoms. The third-order valence-corrected chi connectivity index (χ3v) is 6.29. The predicted molar refractivity (Wildman–Crippen MR) is 107 cm³/mol. The standard InChI is InChI=1S/C20H22ClNO5S/c1-14-13-17(21)8-11-19(14)27-20(24)5-4-12-22(3)28(25,26)18-9-6-16(7-10-18)15(2)23/h6-11,13H,4-5,12H2,1-3H3. The predicted octanol–water partition coefficient (Wildman–Crippen LogP) is 3.86. The molecule has 0 aromatic heterocycles. The average Bonchev–Trinajstić information content (AvgIpc) is 2.64. The maximum atomic E-state index is 12.6. The van der Waals surface area contributed by atoms with E-state index in [9.17, 15) is 18.0 Å². The molecule has 0 N–H and O–H groups in total. The van der Waals surface area contributed by atoms with Gasteiger partial charge in [0.25, 0.3) is 0 Å². The molecule has 0 heterocycles. The van der Waals surface area contributed by atoms with Crippen molar-refractivity contribution in [3.63, 3.8) is 0 Å². The summed E-state index contributed by atoms with van der Waals surface area (Å²) in [6, 6.07) is 10.7. The molecule has 0 aliphatic heterocycles. The Morgan fingerprint density at radius 1 is 1.11 bits per heavy atom. The lowest BCUT2D eigenvalue weighted by Gasteiger charge is -2.17. The Morgan fingerprint density at radius 3 is 2.32 bits per heavy atom. The second-order valence-electron chi connectivity index (χ2n) is 6.39. The first-order valence-corrected chi connectivity index (χ1v) is 10.5. The van der Waals surface area contributed by atoms with Gasteiger partial charge in [0.15, 0.2) is 5.78 Å². The molecule has 0 radical (unpaired) electrons. The van der Waals surface area contributed by atoms with Crippen molar-refractivity contribution in [1.29, 1.82) is 0 Å². The Kier molecular flexibility index (Phi) is 7.35. The van der Waals surface area contributed by atoms with Gasteiger partial charge in [-0.3, -0.25) is 9.59 Å².